The van der Waals surface area contributed by atoms with E-state index in [2.05, 4.69) is 11.1 Å². The Kier molecular flexibility index (Phi) is 2.29. The Bertz CT molecular complexity index is 323. The number of aromatic nitrogens is 1. The van der Waals surface area contributed by atoms with Gasteiger partial charge in [0, 0.05) is 20.3 Å². The van der Waals surface area contributed by atoms with Gasteiger partial charge in [0.2, 0.25) is 0 Å². The molecule has 0 saturated carbocycles. The fourth-order valence-electron chi connectivity index (χ4n) is 0.903. The number of anilines is 1. The number of nitriles is 1. The molecule has 0 atom stereocenters. The van der Waals surface area contributed by atoms with Crippen molar-refractivity contribution in [2.24, 2.45) is 0 Å². The van der Waals surface area contributed by atoms with Gasteiger partial charge in [-0.3, -0.25) is 0 Å². The highest BCUT2D eigenvalue weighted by Gasteiger charge is 2.00. The molecule has 0 spiro atoms. The van der Waals surface area contributed by atoms with E-state index in [1.807, 2.05) is 32.0 Å². The molecule has 0 bridgehead atoms. The first-order valence-electron chi connectivity index (χ1n) is 3.69. The zero-order chi connectivity index (χ0) is 9.14. The van der Waals surface area contributed by atoms with Crippen LogP contribution in [0.2, 0.25) is 0 Å². The Morgan fingerprint density at radius 3 is 2.58 bits per heavy atom. The van der Waals surface area contributed by atoms with E-state index < -0.39 is 0 Å². The average molecular weight is 161 g/mol. The first-order chi connectivity index (χ1) is 5.65. The molecule has 0 aliphatic rings. The Hall–Kier alpha value is -1.56. The van der Waals surface area contributed by atoms with E-state index in [1.54, 1.807) is 6.20 Å². The molecule has 0 aliphatic heterocycles. The van der Waals surface area contributed by atoms with Crippen LogP contribution in [0.1, 0.15) is 11.1 Å². The molecule has 0 amide bonds. The van der Waals surface area contributed by atoms with E-state index in [1.165, 1.54) is 0 Å². The molecule has 3 heteroatoms. The molecule has 3 nitrogen and oxygen atoms in total. The van der Waals surface area contributed by atoms with Gasteiger partial charge < -0.3 is 4.90 Å². The van der Waals surface area contributed by atoms with Crippen molar-refractivity contribution in [3.63, 3.8) is 0 Å². The van der Waals surface area contributed by atoms with Gasteiger partial charge in [-0.15, -0.1) is 0 Å². The monoisotopic (exact) mass is 161 g/mol. The van der Waals surface area contributed by atoms with Crippen LogP contribution < -0.4 is 4.90 Å². The SMILES string of the molecule is Cc1cc(N(C)C)ncc1C#N. The van der Waals surface area contributed by atoms with E-state index in [4.69, 9.17) is 5.26 Å². The van der Waals surface area contributed by atoms with Gasteiger partial charge in [0.1, 0.15) is 11.9 Å². The van der Waals surface area contributed by atoms with E-state index in [0.717, 1.165) is 11.4 Å². The predicted molar refractivity (Wildman–Crippen MR) is 48.0 cm³/mol. The first kappa shape index (κ1) is 8.54. The second-order valence-corrected chi connectivity index (χ2v) is 2.86. The first-order valence-corrected chi connectivity index (χ1v) is 3.69. The summed E-state index contributed by atoms with van der Waals surface area (Å²) in [6.45, 7) is 1.91. The average Bonchev–Trinajstić information content (AvgIpc) is 2.04. The van der Waals surface area contributed by atoms with E-state index >= 15 is 0 Å². The van der Waals surface area contributed by atoms with Gasteiger partial charge in [0.05, 0.1) is 5.56 Å². The smallest absolute Gasteiger partial charge is 0.128 e. The van der Waals surface area contributed by atoms with Crippen LogP contribution in [0, 0.1) is 18.3 Å². The molecule has 0 unspecified atom stereocenters. The van der Waals surface area contributed by atoms with Gasteiger partial charge in [-0.25, -0.2) is 4.98 Å². The van der Waals surface area contributed by atoms with Gasteiger partial charge in [-0.2, -0.15) is 5.26 Å². The minimum atomic E-state index is 0.639. The molecular weight excluding hydrogens is 150 g/mol. The normalized spacial score (nSPS) is 9.17. The molecule has 1 heterocycles. The van der Waals surface area contributed by atoms with Crippen LogP contribution in [0.4, 0.5) is 5.82 Å². The maximum atomic E-state index is 8.64. The lowest BCUT2D eigenvalue weighted by Crippen LogP contribution is -2.10. The summed E-state index contributed by atoms with van der Waals surface area (Å²) < 4.78 is 0. The highest BCUT2D eigenvalue weighted by Crippen LogP contribution is 2.12. The molecular formula is C9H11N3. The predicted octanol–water partition coefficient (Wildman–Crippen LogP) is 1.33. The third-order valence-electron chi connectivity index (χ3n) is 1.68. The molecule has 1 aromatic heterocycles. The lowest BCUT2D eigenvalue weighted by molar-refractivity contribution is 1.06. The molecule has 0 aliphatic carbocycles. The van der Waals surface area contributed by atoms with Crippen molar-refractivity contribution in [3.05, 3.63) is 23.4 Å². The third-order valence-corrected chi connectivity index (χ3v) is 1.68. The largest absolute Gasteiger partial charge is 0.363 e. The Balaban J connectivity index is 3.12. The Morgan fingerprint density at radius 1 is 1.50 bits per heavy atom. The van der Waals surface area contributed by atoms with Crippen LogP contribution >= 0.6 is 0 Å². The van der Waals surface area contributed by atoms with Gasteiger partial charge in [-0.1, -0.05) is 0 Å². The lowest BCUT2D eigenvalue weighted by atomic mass is 10.2. The van der Waals surface area contributed by atoms with Gasteiger partial charge in [-0.05, 0) is 18.6 Å². The van der Waals surface area contributed by atoms with Gasteiger partial charge in [0.25, 0.3) is 0 Å². The summed E-state index contributed by atoms with van der Waals surface area (Å²) in [6.07, 6.45) is 1.60. The third kappa shape index (κ3) is 1.54. The van der Waals surface area contributed by atoms with Gasteiger partial charge in [0.15, 0.2) is 0 Å². The van der Waals surface area contributed by atoms with Crippen molar-refractivity contribution >= 4 is 5.82 Å². The summed E-state index contributed by atoms with van der Waals surface area (Å²) in [6, 6.07) is 3.98. The zero-order valence-corrected chi connectivity index (χ0v) is 7.50. The summed E-state index contributed by atoms with van der Waals surface area (Å²) >= 11 is 0. The molecule has 0 fully saturated rings. The standard InChI is InChI=1S/C9H11N3/c1-7-4-9(12(2)3)11-6-8(7)5-10/h4,6H,1-3H3. The van der Waals surface area contributed by atoms with Crippen LogP contribution in [0.3, 0.4) is 0 Å². The van der Waals surface area contributed by atoms with E-state index in [9.17, 15) is 0 Å². The maximum Gasteiger partial charge on any atom is 0.128 e. The van der Waals surface area contributed by atoms with Crippen molar-refractivity contribution in [2.75, 3.05) is 19.0 Å². The van der Waals surface area contributed by atoms with Crippen LogP contribution in [0.15, 0.2) is 12.3 Å². The number of hydrogen-bond acceptors (Lipinski definition) is 3. The van der Waals surface area contributed by atoms with Crippen LogP contribution in [-0.2, 0) is 0 Å². The van der Waals surface area contributed by atoms with Crippen molar-refractivity contribution < 1.29 is 0 Å². The quantitative estimate of drug-likeness (QED) is 0.623. The van der Waals surface area contributed by atoms with Crippen LogP contribution in [0.25, 0.3) is 0 Å². The number of rotatable bonds is 1. The van der Waals surface area contributed by atoms with Gasteiger partial charge >= 0.3 is 0 Å². The molecule has 1 rings (SSSR count). The summed E-state index contributed by atoms with van der Waals surface area (Å²) in [7, 11) is 3.85. The Morgan fingerprint density at radius 2 is 2.17 bits per heavy atom. The van der Waals surface area contributed by atoms with Crippen LogP contribution in [-0.4, -0.2) is 19.1 Å². The molecule has 0 aromatic carbocycles. The molecule has 0 radical (unpaired) electrons. The van der Waals surface area contributed by atoms with Crippen molar-refractivity contribution in [1.29, 1.82) is 5.26 Å². The van der Waals surface area contributed by atoms with Crippen molar-refractivity contribution in [3.8, 4) is 6.07 Å². The second-order valence-electron chi connectivity index (χ2n) is 2.86. The molecule has 0 saturated heterocycles. The molecule has 1 aromatic rings. The fourth-order valence-corrected chi connectivity index (χ4v) is 0.903. The second kappa shape index (κ2) is 3.22. The summed E-state index contributed by atoms with van der Waals surface area (Å²) in [5.41, 5.74) is 1.61. The maximum absolute atomic E-state index is 8.64. The van der Waals surface area contributed by atoms with E-state index in [-0.39, 0.29) is 0 Å². The number of nitrogens with zero attached hydrogens (tertiary/aromatic N) is 3. The summed E-state index contributed by atoms with van der Waals surface area (Å²) in [4.78, 5) is 6.02. The topological polar surface area (TPSA) is 39.9 Å². The highest BCUT2D eigenvalue weighted by atomic mass is 15.1. The highest BCUT2D eigenvalue weighted by molar-refractivity contribution is 5.45. The molecule has 12 heavy (non-hydrogen) atoms. The summed E-state index contributed by atoms with van der Waals surface area (Å²) in [5, 5.41) is 8.64. The Labute approximate surface area is 72.3 Å². The summed E-state index contributed by atoms with van der Waals surface area (Å²) in [5.74, 6) is 0.881. The molecule has 62 valence electrons. The van der Waals surface area contributed by atoms with Crippen molar-refractivity contribution in [2.45, 2.75) is 6.92 Å². The lowest BCUT2D eigenvalue weighted by Gasteiger charge is -2.11. The zero-order valence-electron chi connectivity index (χ0n) is 7.50. The molecule has 0 N–H and O–H groups in total. The number of hydrogen-bond donors (Lipinski definition) is 0. The van der Waals surface area contributed by atoms with E-state index in [0.29, 0.717) is 5.56 Å². The van der Waals surface area contributed by atoms with Crippen molar-refractivity contribution in [1.82, 2.24) is 4.98 Å². The minimum Gasteiger partial charge on any atom is -0.363 e. The van der Waals surface area contributed by atoms with Crippen LogP contribution in [0.5, 0.6) is 0 Å². The number of aryl methyl sites for hydroxylation is 1. The minimum absolute atomic E-state index is 0.639. The number of pyridine rings is 1. The fraction of sp³-hybridized carbons (Fsp3) is 0.333.